The lowest BCUT2D eigenvalue weighted by molar-refractivity contribution is 0.387. The highest BCUT2D eigenvalue weighted by Gasteiger charge is 2.39. The lowest BCUT2D eigenvalue weighted by atomic mass is 9.81. The minimum absolute atomic E-state index is 0.111. The number of nitrogens with zero attached hydrogens (tertiary/aromatic N) is 2. The van der Waals surface area contributed by atoms with Gasteiger partial charge in [-0.3, -0.25) is 0 Å². The maximum Gasteiger partial charge on any atom is 0.125 e. The van der Waals surface area contributed by atoms with Gasteiger partial charge in [0.2, 0.25) is 0 Å². The Bertz CT molecular complexity index is 611. The molecule has 2 heterocycles. The quantitative estimate of drug-likeness (QED) is 0.928. The summed E-state index contributed by atoms with van der Waals surface area (Å²) in [7, 11) is 0. The second-order valence-corrected chi connectivity index (χ2v) is 5.77. The van der Waals surface area contributed by atoms with Crippen molar-refractivity contribution in [1.29, 1.82) is 0 Å². The van der Waals surface area contributed by atoms with Crippen LogP contribution in [0.3, 0.4) is 0 Å². The van der Waals surface area contributed by atoms with Crippen molar-refractivity contribution in [2.24, 2.45) is 0 Å². The van der Waals surface area contributed by atoms with Crippen molar-refractivity contribution in [3.63, 3.8) is 0 Å². The Hall–Kier alpha value is -1.42. The number of rotatable bonds is 4. The Morgan fingerprint density at radius 3 is 2.90 bits per heavy atom. The van der Waals surface area contributed by atoms with Gasteiger partial charge in [-0.2, -0.15) is 0 Å². The molecule has 1 saturated heterocycles. The molecule has 0 saturated carbocycles. The summed E-state index contributed by atoms with van der Waals surface area (Å²) in [6.45, 7) is 7.19. The fourth-order valence-electron chi connectivity index (χ4n) is 3.56. The van der Waals surface area contributed by atoms with Crippen LogP contribution in [-0.4, -0.2) is 22.6 Å². The number of hydrogen-bond donors (Lipinski definition) is 1. The largest absolute Gasteiger partial charge is 0.328 e. The summed E-state index contributed by atoms with van der Waals surface area (Å²) < 4.78 is 15.7. The second kappa shape index (κ2) is 5.17. The predicted octanol–water partition coefficient (Wildman–Crippen LogP) is 3.23. The van der Waals surface area contributed by atoms with Crippen LogP contribution in [0.25, 0.3) is 11.0 Å². The normalized spacial score (nSPS) is 22.8. The first kappa shape index (κ1) is 13.6. The standard InChI is InChI=1S/C16H22FN3/c1-3-7-16(8-9-18-11-16)15-19-13-6-5-12(17)10-14(13)20(15)4-2/h5-6,10,18H,3-4,7-9,11H2,1-2H3. The Kier molecular flexibility index (Phi) is 3.50. The van der Waals surface area contributed by atoms with Gasteiger partial charge in [-0.25, -0.2) is 9.37 Å². The van der Waals surface area contributed by atoms with E-state index in [-0.39, 0.29) is 11.2 Å². The summed E-state index contributed by atoms with van der Waals surface area (Å²) in [5.74, 6) is 0.945. The fourth-order valence-corrected chi connectivity index (χ4v) is 3.56. The molecule has 0 bridgehead atoms. The molecular formula is C16H22FN3. The van der Waals surface area contributed by atoms with Crippen LogP contribution in [0.2, 0.25) is 0 Å². The third-order valence-corrected chi connectivity index (χ3v) is 4.47. The molecule has 1 aromatic heterocycles. The van der Waals surface area contributed by atoms with Gasteiger partial charge in [0.1, 0.15) is 11.6 Å². The van der Waals surface area contributed by atoms with E-state index in [1.807, 2.05) is 0 Å². The summed E-state index contributed by atoms with van der Waals surface area (Å²) in [6.07, 6.45) is 3.39. The summed E-state index contributed by atoms with van der Waals surface area (Å²) in [6, 6.07) is 4.90. The Balaban J connectivity index is 2.19. The monoisotopic (exact) mass is 275 g/mol. The van der Waals surface area contributed by atoms with Crippen LogP contribution < -0.4 is 5.32 Å². The lowest BCUT2D eigenvalue weighted by Gasteiger charge is -2.28. The van der Waals surface area contributed by atoms with E-state index in [1.54, 1.807) is 12.1 Å². The van der Waals surface area contributed by atoms with E-state index in [0.29, 0.717) is 0 Å². The van der Waals surface area contributed by atoms with Crippen molar-refractivity contribution in [2.75, 3.05) is 13.1 Å². The molecule has 1 aliphatic rings. The number of fused-ring (bicyclic) bond motifs is 1. The van der Waals surface area contributed by atoms with Gasteiger partial charge in [0.15, 0.2) is 0 Å². The van der Waals surface area contributed by atoms with Gasteiger partial charge in [-0.05, 0) is 44.5 Å². The van der Waals surface area contributed by atoms with Crippen molar-refractivity contribution in [3.8, 4) is 0 Å². The molecule has 2 aromatic rings. The zero-order valence-corrected chi connectivity index (χ0v) is 12.2. The zero-order chi connectivity index (χ0) is 14.2. The number of imidazole rings is 1. The van der Waals surface area contributed by atoms with Crippen LogP contribution in [0.5, 0.6) is 0 Å². The fraction of sp³-hybridized carbons (Fsp3) is 0.562. The Morgan fingerprint density at radius 2 is 2.25 bits per heavy atom. The molecule has 3 rings (SSSR count). The highest BCUT2D eigenvalue weighted by molar-refractivity contribution is 5.76. The number of halogens is 1. The van der Waals surface area contributed by atoms with Crippen LogP contribution in [0.1, 0.15) is 38.9 Å². The summed E-state index contributed by atoms with van der Waals surface area (Å²) in [5, 5.41) is 3.48. The lowest BCUT2D eigenvalue weighted by Crippen LogP contribution is -2.32. The van der Waals surface area contributed by atoms with E-state index in [1.165, 1.54) is 6.07 Å². The highest BCUT2D eigenvalue weighted by atomic mass is 19.1. The zero-order valence-electron chi connectivity index (χ0n) is 12.2. The number of hydrogen-bond acceptors (Lipinski definition) is 2. The maximum atomic E-state index is 13.5. The number of aromatic nitrogens is 2. The van der Waals surface area contributed by atoms with Crippen molar-refractivity contribution < 1.29 is 4.39 Å². The van der Waals surface area contributed by atoms with Crippen LogP contribution >= 0.6 is 0 Å². The number of aryl methyl sites for hydroxylation is 1. The third-order valence-electron chi connectivity index (χ3n) is 4.47. The highest BCUT2D eigenvalue weighted by Crippen LogP contribution is 2.36. The smallest absolute Gasteiger partial charge is 0.125 e. The molecule has 108 valence electrons. The maximum absolute atomic E-state index is 13.5. The van der Waals surface area contributed by atoms with Crippen LogP contribution in [0.4, 0.5) is 4.39 Å². The molecule has 1 fully saturated rings. The molecule has 0 spiro atoms. The first-order valence-corrected chi connectivity index (χ1v) is 7.57. The van der Waals surface area contributed by atoms with E-state index < -0.39 is 0 Å². The minimum Gasteiger partial charge on any atom is -0.328 e. The molecule has 1 atom stereocenters. The molecular weight excluding hydrogens is 253 g/mol. The van der Waals surface area contributed by atoms with Crippen LogP contribution in [0, 0.1) is 5.82 Å². The third kappa shape index (κ3) is 2.03. The molecule has 4 heteroatoms. The van der Waals surface area contributed by atoms with Gasteiger partial charge >= 0.3 is 0 Å². The van der Waals surface area contributed by atoms with Gasteiger partial charge < -0.3 is 9.88 Å². The Labute approximate surface area is 119 Å². The summed E-state index contributed by atoms with van der Waals surface area (Å²) >= 11 is 0. The van der Waals surface area contributed by atoms with Crippen molar-refractivity contribution in [2.45, 2.75) is 45.1 Å². The average molecular weight is 275 g/mol. The van der Waals surface area contributed by atoms with E-state index in [4.69, 9.17) is 4.98 Å². The molecule has 1 N–H and O–H groups in total. The molecule has 3 nitrogen and oxygen atoms in total. The van der Waals surface area contributed by atoms with E-state index in [9.17, 15) is 4.39 Å². The topological polar surface area (TPSA) is 29.9 Å². The molecule has 0 amide bonds. The first-order chi connectivity index (χ1) is 9.70. The van der Waals surface area contributed by atoms with Crippen molar-refractivity contribution >= 4 is 11.0 Å². The average Bonchev–Trinajstić information content (AvgIpc) is 3.03. The van der Waals surface area contributed by atoms with Crippen LogP contribution in [0.15, 0.2) is 18.2 Å². The molecule has 1 aromatic carbocycles. The number of nitrogens with one attached hydrogen (secondary N) is 1. The number of benzene rings is 1. The second-order valence-electron chi connectivity index (χ2n) is 5.77. The van der Waals surface area contributed by atoms with Crippen molar-refractivity contribution in [3.05, 3.63) is 29.8 Å². The van der Waals surface area contributed by atoms with Gasteiger partial charge in [0.05, 0.1) is 11.0 Å². The van der Waals surface area contributed by atoms with Crippen LogP contribution in [-0.2, 0) is 12.0 Å². The molecule has 1 unspecified atom stereocenters. The molecule has 20 heavy (non-hydrogen) atoms. The molecule has 1 aliphatic heterocycles. The molecule has 0 aliphatic carbocycles. The van der Waals surface area contributed by atoms with Gasteiger partial charge in [-0.1, -0.05) is 13.3 Å². The minimum atomic E-state index is -0.187. The summed E-state index contributed by atoms with van der Waals surface area (Å²) in [5.41, 5.74) is 1.94. The van der Waals surface area contributed by atoms with Gasteiger partial charge in [-0.15, -0.1) is 0 Å². The SMILES string of the molecule is CCCC1(c2nc3ccc(F)cc3n2CC)CCNC1. The van der Waals surface area contributed by atoms with Crippen molar-refractivity contribution in [1.82, 2.24) is 14.9 Å². The van der Waals surface area contributed by atoms with Gasteiger partial charge in [0, 0.05) is 18.5 Å². The first-order valence-electron chi connectivity index (χ1n) is 7.57. The van der Waals surface area contributed by atoms with E-state index >= 15 is 0 Å². The van der Waals surface area contributed by atoms with E-state index in [0.717, 1.165) is 55.8 Å². The summed E-state index contributed by atoms with van der Waals surface area (Å²) in [4.78, 5) is 4.85. The predicted molar refractivity (Wildman–Crippen MR) is 79.4 cm³/mol. The Morgan fingerprint density at radius 1 is 1.40 bits per heavy atom. The molecule has 0 radical (unpaired) electrons. The van der Waals surface area contributed by atoms with E-state index in [2.05, 4.69) is 23.7 Å². The van der Waals surface area contributed by atoms with Gasteiger partial charge in [0.25, 0.3) is 0 Å².